The highest BCUT2D eigenvalue weighted by atomic mass is 19.1. The molecule has 2 rings (SSSR count). The minimum absolute atomic E-state index is 0.0920. The summed E-state index contributed by atoms with van der Waals surface area (Å²) in [6, 6.07) is 7.26. The molecule has 0 aromatic heterocycles. The van der Waals surface area contributed by atoms with Crippen molar-refractivity contribution in [3.8, 4) is 0 Å². The zero-order chi connectivity index (χ0) is 9.26. The second kappa shape index (κ2) is 3.46. The lowest BCUT2D eigenvalue weighted by atomic mass is 9.94. The van der Waals surface area contributed by atoms with Gasteiger partial charge in [-0.05, 0) is 26.0 Å². The molecule has 0 aliphatic carbocycles. The zero-order valence-corrected chi connectivity index (χ0v) is 7.54. The lowest BCUT2D eigenvalue weighted by molar-refractivity contribution is 0.103. The van der Waals surface area contributed by atoms with Crippen molar-refractivity contribution < 1.29 is 4.39 Å². The Morgan fingerprint density at radius 3 is 2.77 bits per heavy atom. The van der Waals surface area contributed by atoms with Crippen molar-refractivity contribution in [1.82, 2.24) is 4.90 Å². The van der Waals surface area contributed by atoms with Gasteiger partial charge in [-0.25, -0.2) is 4.39 Å². The van der Waals surface area contributed by atoms with Gasteiger partial charge in [-0.15, -0.1) is 0 Å². The molecule has 2 heteroatoms. The van der Waals surface area contributed by atoms with E-state index in [4.69, 9.17) is 0 Å². The summed E-state index contributed by atoms with van der Waals surface area (Å²) in [5, 5.41) is 0. The van der Waals surface area contributed by atoms with Crippen LogP contribution in [0, 0.1) is 12.7 Å². The molecule has 1 saturated heterocycles. The molecular weight excluding hydrogens is 165 g/mol. The topological polar surface area (TPSA) is 3.24 Å². The van der Waals surface area contributed by atoms with Gasteiger partial charge < -0.3 is 0 Å². The minimum Gasteiger partial charge on any atom is -0.296 e. The van der Waals surface area contributed by atoms with Gasteiger partial charge in [-0.2, -0.15) is 0 Å². The minimum atomic E-state index is -0.0920. The molecule has 69 valence electrons. The van der Waals surface area contributed by atoms with E-state index < -0.39 is 0 Å². The molecule has 1 aromatic rings. The molecule has 1 nitrogen and oxygen atoms in total. The van der Waals surface area contributed by atoms with Crippen LogP contribution in [0.15, 0.2) is 24.3 Å². The number of hydrogen-bond donors (Lipinski definition) is 0. The van der Waals surface area contributed by atoms with E-state index in [2.05, 4.69) is 11.8 Å². The fraction of sp³-hybridized carbons (Fsp3) is 0.364. The molecule has 13 heavy (non-hydrogen) atoms. The van der Waals surface area contributed by atoms with Crippen molar-refractivity contribution in [3.63, 3.8) is 0 Å². The number of benzene rings is 1. The molecule has 1 unspecified atom stereocenters. The summed E-state index contributed by atoms with van der Waals surface area (Å²) in [7, 11) is 0. The maximum absolute atomic E-state index is 13.3. The van der Waals surface area contributed by atoms with E-state index in [0.29, 0.717) is 0 Å². The van der Waals surface area contributed by atoms with Crippen LogP contribution in [-0.4, -0.2) is 18.0 Å². The van der Waals surface area contributed by atoms with E-state index >= 15 is 0 Å². The van der Waals surface area contributed by atoms with Crippen molar-refractivity contribution in [1.29, 1.82) is 0 Å². The first-order valence-electron chi connectivity index (χ1n) is 4.60. The highest BCUT2D eigenvalue weighted by Gasteiger charge is 2.29. The average Bonchev–Trinajstić information content (AvgIpc) is 2.08. The van der Waals surface area contributed by atoms with Gasteiger partial charge in [-0.3, -0.25) is 4.90 Å². The summed E-state index contributed by atoms with van der Waals surface area (Å²) in [4.78, 5) is 2.18. The van der Waals surface area contributed by atoms with Crippen LogP contribution in [0.25, 0.3) is 0 Å². The van der Waals surface area contributed by atoms with Crippen molar-refractivity contribution >= 4 is 0 Å². The molecule has 0 bridgehead atoms. The molecule has 1 fully saturated rings. The largest absolute Gasteiger partial charge is 0.296 e. The van der Waals surface area contributed by atoms with Crippen molar-refractivity contribution in [2.24, 2.45) is 0 Å². The lowest BCUT2D eigenvalue weighted by Crippen LogP contribution is -2.40. The first kappa shape index (κ1) is 8.70. The fourth-order valence-electron chi connectivity index (χ4n) is 1.81. The Bertz CT molecular complexity index is 296. The van der Waals surface area contributed by atoms with Crippen LogP contribution >= 0.6 is 0 Å². The highest BCUT2D eigenvalue weighted by molar-refractivity contribution is 5.23. The van der Waals surface area contributed by atoms with Crippen LogP contribution in [0.2, 0.25) is 0 Å². The van der Waals surface area contributed by atoms with Gasteiger partial charge in [0.2, 0.25) is 0 Å². The third kappa shape index (κ3) is 1.46. The van der Waals surface area contributed by atoms with E-state index in [-0.39, 0.29) is 11.9 Å². The molecule has 1 heterocycles. The van der Waals surface area contributed by atoms with Gasteiger partial charge in [0, 0.05) is 18.2 Å². The number of halogens is 1. The average molecular weight is 178 g/mol. The Labute approximate surface area is 78.2 Å². The van der Waals surface area contributed by atoms with Crippen LogP contribution in [0.5, 0.6) is 0 Å². The quantitative estimate of drug-likeness (QED) is 0.672. The van der Waals surface area contributed by atoms with Gasteiger partial charge in [0.15, 0.2) is 0 Å². The van der Waals surface area contributed by atoms with E-state index in [1.165, 1.54) is 6.07 Å². The predicted octanol–water partition coefficient (Wildman–Crippen LogP) is 2.41. The van der Waals surface area contributed by atoms with Gasteiger partial charge >= 0.3 is 0 Å². The summed E-state index contributed by atoms with van der Waals surface area (Å²) < 4.78 is 13.3. The van der Waals surface area contributed by atoms with E-state index in [1.807, 2.05) is 12.1 Å². The first-order valence-corrected chi connectivity index (χ1v) is 4.60. The van der Waals surface area contributed by atoms with Gasteiger partial charge in [-0.1, -0.05) is 18.2 Å². The van der Waals surface area contributed by atoms with Crippen LogP contribution in [0.3, 0.4) is 0 Å². The Morgan fingerprint density at radius 1 is 1.46 bits per heavy atom. The molecule has 0 amide bonds. The van der Waals surface area contributed by atoms with E-state index in [9.17, 15) is 4.39 Å². The molecule has 0 N–H and O–H groups in total. The fourth-order valence-corrected chi connectivity index (χ4v) is 1.81. The number of nitrogens with zero attached hydrogens (tertiary/aromatic N) is 1. The molecule has 1 aliphatic heterocycles. The second-order valence-electron chi connectivity index (χ2n) is 3.36. The van der Waals surface area contributed by atoms with Crippen LogP contribution < -0.4 is 0 Å². The predicted molar refractivity (Wildman–Crippen MR) is 50.7 cm³/mol. The molecule has 0 saturated carbocycles. The van der Waals surface area contributed by atoms with Crippen LogP contribution in [0.4, 0.5) is 4.39 Å². The highest BCUT2D eigenvalue weighted by Crippen LogP contribution is 2.33. The van der Waals surface area contributed by atoms with Gasteiger partial charge in [0.05, 0.1) is 0 Å². The molecule has 1 aromatic carbocycles. The second-order valence-corrected chi connectivity index (χ2v) is 3.36. The smallest absolute Gasteiger partial charge is 0.127 e. The van der Waals surface area contributed by atoms with Gasteiger partial charge in [0.25, 0.3) is 0 Å². The monoisotopic (exact) mass is 178 g/mol. The number of likely N-dealkylation sites (tertiary alicyclic amines) is 1. The van der Waals surface area contributed by atoms with Crippen molar-refractivity contribution in [3.05, 3.63) is 42.6 Å². The normalized spacial score (nSPS) is 22.8. The Balaban J connectivity index is 2.21. The summed E-state index contributed by atoms with van der Waals surface area (Å²) in [5.41, 5.74) is 0.817. The van der Waals surface area contributed by atoms with Gasteiger partial charge in [0.1, 0.15) is 5.82 Å². The number of hydrogen-bond acceptors (Lipinski definition) is 1. The first-order chi connectivity index (χ1) is 6.33. The Kier molecular flexibility index (Phi) is 2.32. The standard InChI is InChI=1S/C11H13FN/c1-2-13-8-7-11(13)9-5-3-4-6-10(9)12/h3-6,11H,1-2,7-8H2. The maximum Gasteiger partial charge on any atom is 0.127 e. The summed E-state index contributed by atoms with van der Waals surface area (Å²) in [6.45, 7) is 5.62. The third-order valence-corrected chi connectivity index (χ3v) is 2.68. The van der Waals surface area contributed by atoms with Crippen LogP contribution in [-0.2, 0) is 0 Å². The van der Waals surface area contributed by atoms with Crippen molar-refractivity contribution in [2.45, 2.75) is 12.5 Å². The molecule has 1 radical (unpaired) electrons. The summed E-state index contributed by atoms with van der Waals surface area (Å²) in [6.07, 6.45) is 1.05. The Hall–Kier alpha value is -0.890. The third-order valence-electron chi connectivity index (χ3n) is 2.68. The lowest BCUT2D eigenvalue weighted by Gasteiger charge is -2.40. The maximum atomic E-state index is 13.3. The summed E-state index contributed by atoms with van der Waals surface area (Å²) >= 11 is 0. The van der Waals surface area contributed by atoms with E-state index in [1.54, 1.807) is 6.07 Å². The SMILES string of the molecule is [CH2]CN1CCC1c1ccccc1F. The molecule has 1 aliphatic rings. The molecule has 1 atom stereocenters. The van der Waals surface area contributed by atoms with E-state index in [0.717, 1.165) is 25.1 Å². The zero-order valence-electron chi connectivity index (χ0n) is 7.54. The van der Waals surface area contributed by atoms with Crippen LogP contribution in [0.1, 0.15) is 18.0 Å². The molecular formula is C11H13FN. The Morgan fingerprint density at radius 2 is 2.23 bits per heavy atom. The molecule has 0 spiro atoms. The number of rotatable bonds is 2. The summed E-state index contributed by atoms with van der Waals surface area (Å²) in [5.74, 6) is -0.0920. The van der Waals surface area contributed by atoms with Crippen molar-refractivity contribution in [2.75, 3.05) is 13.1 Å².